The Balaban J connectivity index is 0.953. The molecule has 3 aromatic carbocycles. The summed E-state index contributed by atoms with van der Waals surface area (Å²) in [6.07, 6.45) is 5.50. The van der Waals surface area contributed by atoms with Gasteiger partial charge in [0.25, 0.3) is 0 Å². The largest absolute Gasteiger partial charge is 0.491 e. The smallest absolute Gasteiger partial charge is 0.237 e. The molecule has 4 heterocycles. The molecule has 0 aliphatic carbocycles. The summed E-state index contributed by atoms with van der Waals surface area (Å²) >= 11 is 0. The van der Waals surface area contributed by atoms with Crippen LogP contribution in [0.15, 0.2) is 79.1 Å². The van der Waals surface area contributed by atoms with Gasteiger partial charge in [-0.15, -0.1) is 0 Å². The maximum absolute atomic E-state index is 13.9. The predicted octanol–water partition coefficient (Wildman–Crippen LogP) is 5.80. The number of H-pyrrole nitrogens is 1. The molecule has 258 valence electrons. The molecule has 5 aromatic rings. The Kier molecular flexibility index (Phi) is 9.49. The van der Waals surface area contributed by atoms with Crippen molar-refractivity contribution in [3.05, 3.63) is 84.7 Å². The van der Waals surface area contributed by atoms with E-state index in [0.29, 0.717) is 38.5 Å². The number of hydrogen-bond acceptors (Lipinski definition) is 7. The van der Waals surface area contributed by atoms with Crippen molar-refractivity contribution in [2.45, 2.75) is 39.7 Å². The summed E-state index contributed by atoms with van der Waals surface area (Å²) in [5.74, 6) is 1.57. The second-order valence-electron chi connectivity index (χ2n) is 13.4. The number of benzene rings is 3. The summed E-state index contributed by atoms with van der Waals surface area (Å²) in [5, 5.41) is 13.1. The highest BCUT2D eigenvalue weighted by Gasteiger charge is 2.33. The Morgan fingerprint density at radius 2 is 1.76 bits per heavy atom. The van der Waals surface area contributed by atoms with Gasteiger partial charge in [-0.25, -0.2) is 4.98 Å². The molecule has 11 nitrogen and oxygen atoms in total. The summed E-state index contributed by atoms with van der Waals surface area (Å²) in [7, 11) is 1.86. The fourth-order valence-electron chi connectivity index (χ4n) is 6.97. The van der Waals surface area contributed by atoms with Gasteiger partial charge in [0, 0.05) is 55.4 Å². The number of aromatic nitrogens is 5. The minimum atomic E-state index is -0.159. The quantitative estimate of drug-likeness (QED) is 0.200. The minimum Gasteiger partial charge on any atom is -0.491 e. The van der Waals surface area contributed by atoms with Crippen molar-refractivity contribution in [3.63, 3.8) is 0 Å². The van der Waals surface area contributed by atoms with E-state index in [1.165, 1.54) is 5.57 Å². The zero-order chi connectivity index (χ0) is 34.8. The van der Waals surface area contributed by atoms with Gasteiger partial charge >= 0.3 is 0 Å². The number of aryl methyl sites for hydroxylation is 1. The number of nitrogens with one attached hydrogen (secondary N) is 1. The molecule has 1 saturated heterocycles. The zero-order valence-electron chi connectivity index (χ0n) is 29.2. The third-order valence-electron chi connectivity index (χ3n) is 9.60. The highest BCUT2D eigenvalue weighted by molar-refractivity contribution is 6.00. The number of nitrogens with zero attached hydrogens (tertiary/aromatic N) is 7. The minimum absolute atomic E-state index is 0.0948. The predicted molar refractivity (Wildman–Crippen MR) is 195 cm³/mol. The molecule has 11 heteroatoms. The number of hydrogen-bond donors (Lipinski definition) is 1. The van der Waals surface area contributed by atoms with E-state index in [0.717, 1.165) is 64.1 Å². The van der Waals surface area contributed by atoms with Crippen LogP contribution in [0.3, 0.4) is 0 Å². The maximum atomic E-state index is 13.9. The second kappa shape index (κ2) is 14.3. The van der Waals surface area contributed by atoms with Crippen LogP contribution < -0.4 is 9.64 Å². The number of carbonyl (C=O) groups is 2. The summed E-state index contributed by atoms with van der Waals surface area (Å²) in [6.45, 7) is 9.49. The summed E-state index contributed by atoms with van der Waals surface area (Å²) in [6, 6.07) is 22.2. The fraction of sp³-hybridized carbons (Fsp3) is 0.359. The normalized spacial score (nSPS) is 16.6. The van der Waals surface area contributed by atoms with Crippen molar-refractivity contribution in [1.82, 2.24) is 34.8 Å². The average molecular weight is 673 g/mol. The van der Waals surface area contributed by atoms with Crippen LogP contribution in [0.25, 0.3) is 39.1 Å². The molecule has 2 aliphatic rings. The van der Waals surface area contributed by atoms with Crippen molar-refractivity contribution in [1.29, 1.82) is 0 Å². The first-order valence-corrected chi connectivity index (χ1v) is 17.5. The third kappa shape index (κ3) is 7.04. The van der Waals surface area contributed by atoms with E-state index in [4.69, 9.17) is 4.74 Å². The molecular formula is C39H44N8O3. The first kappa shape index (κ1) is 33.2. The standard InChI is InChI=1S/C39H44N8O3/c1-5-47(32-12-15-35-34(22-32)37(42-41-35)29-10-13-33(14-11-29)50-26(2)3)39(49)31-16-19-45(23-31)24-36(48)46-20-17-28(18-21-46)27-6-8-30(9-7-27)38-40-25-44(4)43-38/h6-15,17,22,25-26,31H,5,16,18-21,23-24H2,1-4H3,(H,41,42)/t31-/m1/s1. The highest BCUT2D eigenvalue weighted by atomic mass is 16.5. The topological polar surface area (TPSA) is 112 Å². The van der Waals surface area contributed by atoms with Crippen molar-refractivity contribution in [2.24, 2.45) is 13.0 Å². The molecule has 7 rings (SSSR count). The molecule has 1 N–H and O–H groups in total. The van der Waals surface area contributed by atoms with Crippen LogP contribution in [0.2, 0.25) is 0 Å². The molecule has 0 bridgehead atoms. The van der Waals surface area contributed by atoms with E-state index >= 15 is 0 Å². The van der Waals surface area contributed by atoms with E-state index in [1.807, 2.05) is 86.1 Å². The van der Waals surface area contributed by atoms with E-state index in [1.54, 1.807) is 11.0 Å². The lowest BCUT2D eigenvalue weighted by Crippen LogP contribution is -2.42. The summed E-state index contributed by atoms with van der Waals surface area (Å²) in [5.41, 5.74) is 6.96. The van der Waals surface area contributed by atoms with Crippen molar-refractivity contribution in [2.75, 3.05) is 44.2 Å². The van der Waals surface area contributed by atoms with E-state index < -0.39 is 0 Å². The number of aromatic amines is 1. The highest BCUT2D eigenvalue weighted by Crippen LogP contribution is 2.32. The Labute approximate surface area is 292 Å². The molecule has 0 radical (unpaired) electrons. The van der Waals surface area contributed by atoms with Gasteiger partial charge in [-0.1, -0.05) is 30.3 Å². The van der Waals surface area contributed by atoms with Gasteiger partial charge < -0.3 is 14.5 Å². The molecule has 1 fully saturated rings. The average Bonchev–Trinajstić information content (AvgIpc) is 3.89. The molecule has 2 amide bonds. The lowest BCUT2D eigenvalue weighted by atomic mass is 9.98. The maximum Gasteiger partial charge on any atom is 0.237 e. The monoisotopic (exact) mass is 672 g/mol. The van der Waals surface area contributed by atoms with Crippen molar-refractivity contribution in [3.8, 4) is 28.4 Å². The number of likely N-dealkylation sites (tertiary alicyclic amines) is 1. The van der Waals surface area contributed by atoms with Gasteiger partial charge in [0.2, 0.25) is 11.8 Å². The Morgan fingerprint density at radius 1 is 1.00 bits per heavy atom. The molecule has 2 aromatic heterocycles. The molecule has 1 atom stereocenters. The molecular weight excluding hydrogens is 628 g/mol. The first-order chi connectivity index (χ1) is 24.2. The number of ether oxygens (including phenoxy) is 1. The van der Waals surface area contributed by atoms with E-state index in [-0.39, 0.29) is 23.8 Å². The first-order valence-electron chi connectivity index (χ1n) is 17.5. The number of amides is 2. The van der Waals surface area contributed by atoms with Gasteiger partial charge in [-0.05, 0) is 93.8 Å². The zero-order valence-corrected chi connectivity index (χ0v) is 29.2. The van der Waals surface area contributed by atoms with Gasteiger partial charge in [-0.2, -0.15) is 10.2 Å². The van der Waals surface area contributed by atoms with Gasteiger partial charge in [0.1, 0.15) is 12.1 Å². The lowest BCUT2D eigenvalue weighted by molar-refractivity contribution is -0.132. The van der Waals surface area contributed by atoms with Crippen LogP contribution in [0, 0.1) is 5.92 Å². The van der Waals surface area contributed by atoms with Crippen LogP contribution in [-0.4, -0.2) is 91.9 Å². The van der Waals surface area contributed by atoms with Crippen LogP contribution >= 0.6 is 0 Å². The van der Waals surface area contributed by atoms with Crippen molar-refractivity contribution >= 4 is 34.0 Å². The van der Waals surface area contributed by atoms with Crippen LogP contribution in [0.1, 0.15) is 39.2 Å². The molecule has 0 spiro atoms. The number of rotatable bonds is 10. The van der Waals surface area contributed by atoms with Gasteiger partial charge in [-0.3, -0.25) is 24.3 Å². The third-order valence-corrected chi connectivity index (χ3v) is 9.60. The van der Waals surface area contributed by atoms with Gasteiger partial charge in [0.15, 0.2) is 5.82 Å². The van der Waals surface area contributed by atoms with E-state index in [2.05, 4.69) is 49.5 Å². The molecule has 50 heavy (non-hydrogen) atoms. The molecule has 2 aliphatic heterocycles. The molecule has 0 saturated carbocycles. The SMILES string of the molecule is CCN(C(=O)[C@@H]1CCN(CC(=O)N2CC=C(c3ccc(-c4ncn(C)n4)cc3)CC2)C1)c1ccc2[nH]nc(-c3ccc(OC(C)C)cc3)c2c1. The summed E-state index contributed by atoms with van der Waals surface area (Å²) < 4.78 is 7.50. The number of carbonyl (C=O) groups excluding carboxylic acids is 2. The fourth-order valence-corrected chi connectivity index (χ4v) is 6.97. The van der Waals surface area contributed by atoms with Crippen LogP contribution in [0.4, 0.5) is 5.69 Å². The molecule has 0 unspecified atom stereocenters. The second-order valence-corrected chi connectivity index (χ2v) is 13.4. The number of fused-ring (bicyclic) bond motifs is 1. The number of anilines is 1. The van der Waals surface area contributed by atoms with E-state index in [9.17, 15) is 9.59 Å². The van der Waals surface area contributed by atoms with Crippen molar-refractivity contribution < 1.29 is 14.3 Å². The lowest BCUT2D eigenvalue weighted by Gasteiger charge is -2.29. The Morgan fingerprint density at radius 3 is 2.44 bits per heavy atom. The van der Waals surface area contributed by atoms with Crippen LogP contribution in [0.5, 0.6) is 5.75 Å². The van der Waals surface area contributed by atoms with Gasteiger partial charge in [0.05, 0.1) is 29.8 Å². The Hall–Kier alpha value is -5.29. The summed E-state index contributed by atoms with van der Waals surface area (Å²) in [4.78, 5) is 37.5. The Bertz CT molecular complexity index is 2010. The van der Waals surface area contributed by atoms with Crippen LogP contribution in [-0.2, 0) is 16.6 Å².